The van der Waals surface area contributed by atoms with E-state index < -0.39 is 0 Å². The third-order valence-electron chi connectivity index (χ3n) is 3.59. The maximum Gasteiger partial charge on any atom is 0.257 e. The first-order chi connectivity index (χ1) is 11.2. The lowest BCUT2D eigenvalue weighted by Gasteiger charge is -2.06. The number of benzene rings is 2. The van der Waals surface area contributed by atoms with Gasteiger partial charge in [0.2, 0.25) is 0 Å². The summed E-state index contributed by atoms with van der Waals surface area (Å²) in [7, 11) is 0. The van der Waals surface area contributed by atoms with Crippen molar-refractivity contribution in [2.45, 2.75) is 0 Å². The third kappa shape index (κ3) is 2.31. The Bertz CT molecular complexity index is 998. The second kappa shape index (κ2) is 5.37. The molecule has 23 heavy (non-hydrogen) atoms. The Kier molecular flexibility index (Phi) is 3.20. The van der Waals surface area contributed by atoms with Crippen LogP contribution in [0.3, 0.4) is 0 Å². The number of aromatic nitrogens is 4. The second-order valence-corrected chi connectivity index (χ2v) is 5.48. The van der Waals surface area contributed by atoms with E-state index in [9.17, 15) is 5.11 Å². The lowest BCUT2D eigenvalue weighted by molar-refractivity contribution is 0.443. The summed E-state index contributed by atoms with van der Waals surface area (Å²) in [6, 6.07) is 16.9. The van der Waals surface area contributed by atoms with Gasteiger partial charge in [0.05, 0.1) is 6.20 Å². The Hall–Kier alpha value is -2.92. The van der Waals surface area contributed by atoms with Gasteiger partial charge in [0.15, 0.2) is 5.65 Å². The van der Waals surface area contributed by atoms with E-state index in [4.69, 9.17) is 11.6 Å². The SMILES string of the molecule is Oc1nnc2c(-c3cccc(Cl)c3)cnn2c1-c1ccccc1. The Morgan fingerprint density at radius 1 is 0.913 bits per heavy atom. The van der Waals surface area contributed by atoms with E-state index in [1.54, 1.807) is 10.7 Å². The lowest BCUT2D eigenvalue weighted by Crippen LogP contribution is -1.99. The zero-order chi connectivity index (χ0) is 15.8. The molecule has 0 spiro atoms. The average molecular weight is 323 g/mol. The number of hydrogen-bond donors (Lipinski definition) is 1. The van der Waals surface area contributed by atoms with Gasteiger partial charge in [-0.3, -0.25) is 0 Å². The van der Waals surface area contributed by atoms with E-state index in [2.05, 4.69) is 15.3 Å². The van der Waals surface area contributed by atoms with Gasteiger partial charge in [0.25, 0.3) is 5.88 Å². The van der Waals surface area contributed by atoms with Crippen LogP contribution in [0, 0.1) is 0 Å². The molecule has 5 nitrogen and oxygen atoms in total. The summed E-state index contributed by atoms with van der Waals surface area (Å²) < 4.78 is 1.59. The van der Waals surface area contributed by atoms with E-state index in [1.165, 1.54) is 0 Å². The quantitative estimate of drug-likeness (QED) is 0.609. The largest absolute Gasteiger partial charge is 0.491 e. The van der Waals surface area contributed by atoms with Crippen molar-refractivity contribution in [1.29, 1.82) is 0 Å². The molecule has 0 bridgehead atoms. The highest BCUT2D eigenvalue weighted by atomic mass is 35.5. The van der Waals surface area contributed by atoms with Gasteiger partial charge in [-0.2, -0.15) is 5.10 Å². The van der Waals surface area contributed by atoms with Crippen LogP contribution in [0.25, 0.3) is 28.0 Å². The van der Waals surface area contributed by atoms with Crippen LogP contribution >= 0.6 is 11.6 Å². The maximum atomic E-state index is 10.1. The molecule has 0 aliphatic carbocycles. The topological polar surface area (TPSA) is 63.3 Å². The normalized spacial score (nSPS) is 11.0. The van der Waals surface area contributed by atoms with Crippen LogP contribution in [0.5, 0.6) is 5.88 Å². The molecule has 0 amide bonds. The molecule has 0 unspecified atom stereocenters. The Morgan fingerprint density at radius 2 is 1.70 bits per heavy atom. The van der Waals surface area contributed by atoms with Crippen LogP contribution in [0.1, 0.15) is 0 Å². The molecule has 2 heterocycles. The molecular weight excluding hydrogens is 312 g/mol. The van der Waals surface area contributed by atoms with Crippen LogP contribution < -0.4 is 0 Å². The summed E-state index contributed by atoms with van der Waals surface area (Å²) in [5.41, 5.74) is 3.57. The van der Waals surface area contributed by atoms with Gasteiger partial charge < -0.3 is 5.11 Å². The lowest BCUT2D eigenvalue weighted by atomic mass is 10.1. The molecule has 0 saturated heterocycles. The first kappa shape index (κ1) is 13.7. The van der Waals surface area contributed by atoms with Gasteiger partial charge in [-0.1, -0.05) is 54.1 Å². The van der Waals surface area contributed by atoms with Gasteiger partial charge in [-0.25, -0.2) is 4.52 Å². The fraction of sp³-hybridized carbons (Fsp3) is 0. The number of aromatic hydroxyl groups is 1. The second-order valence-electron chi connectivity index (χ2n) is 5.04. The van der Waals surface area contributed by atoms with E-state index in [0.717, 1.165) is 16.7 Å². The van der Waals surface area contributed by atoms with E-state index in [0.29, 0.717) is 16.4 Å². The smallest absolute Gasteiger partial charge is 0.257 e. The number of halogens is 1. The highest BCUT2D eigenvalue weighted by molar-refractivity contribution is 6.30. The van der Waals surface area contributed by atoms with Crippen molar-refractivity contribution in [3.05, 3.63) is 65.8 Å². The summed E-state index contributed by atoms with van der Waals surface area (Å²) in [5, 5.41) is 23.1. The van der Waals surface area contributed by atoms with Gasteiger partial charge in [-0.15, -0.1) is 10.2 Å². The van der Waals surface area contributed by atoms with Gasteiger partial charge in [0.1, 0.15) is 5.69 Å². The minimum atomic E-state index is -0.163. The summed E-state index contributed by atoms with van der Waals surface area (Å²) in [6.45, 7) is 0. The highest BCUT2D eigenvalue weighted by Crippen LogP contribution is 2.31. The molecule has 0 aliphatic heterocycles. The van der Waals surface area contributed by atoms with Crippen LogP contribution in [0.2, 0.25) is 5.02 Å². The van der Waals surface area contributed by atoms with Crippen molar-refractivity contribution < 1.29 is 5.11 Å². The molecule has 0 saturated carbocycles. The first-order valence-electron chi connectivity index (χ1n) is 6.99. The molecule has 112 valence electrons. The predicted octanol–water partition coefficient (Wildman–Crippen LogP) is 3.82. The molecule has 2 aromatic heterocycles. The predicted molar refractivity (Wildman–Crippen MR) is 88.3 cm³/mol. The molecule has 6 heteroatoms. The van der Waals surface area contributed by atoms with E-state index >= 15 is 0 Å². The number of nitrogens with zero attached hydrogens (tertiary/aromatic N) is 4. The zero-order valence-electron chi connectivity index (χ0n) is 11.9. The number of hydrogen-bond acceptors (Lipinski definition) is 4. The summed E-state index contributed by atoms with van der Waals surface area (Å²) in [6.07, 6.45) is 1.70. The third-order valence-corrected chi connectivity index (χ3v) is 3.82. The molecule has 0 radical (unpaired) electrons. The molecule has 1 N–H and O–H groups in total. The number of rotatable bonds is 2. The molecule has 2 aromatic carbocycles. The van der Waals surface area contributed by atoms with E-state index in [-0.39, 0.29) is 5.88 Å². The molecule has 0 aliphatic rings. The fourth-order valence-corrected chi connectivity index (χ4v) is 2.74. The van der Waals surface area contributed by atoms with Crippen molar-refractivity contribution in [3.8, 4) is 28.3 Å². The first-order valence-corrected chi connectivity index (χ1v) is 7.36. The molecule has 4 aromatic rings. The van der Waals surface area contributed by atoms with Crippen molar-refractivity contribution in [1.82, 2.24) is 19.8 Å². The van der Waals surface area contributed by atoms with Crippen molar-refractivity contribution >= 4 is 17.2 Å². The van der Waals surface area contributed by atoms with Gasteiger partial charge in [0, 0.05) is 16.1 Å². The van der Waals surface area contributed by atoms with Crippen molar-refractivity contribution in [2.24, 2.45) is 0 Å². The van der Waals surface area contributed by atoms with Crippen molar-refractivity contribution in [3.63, 3.8) is 0 Å². The fourth-order valence-electron chi connectivity index (χ4n) is 2.55. The maximum absolute atomic E-state index is 10.1. The van der Waals surface area contributed by atoms with E-state index in [1.807, 2.05) is 54.6 Å². The summed E-state index contributed by atoms with van der Waals surface area (Å²) >= 11 is 6.06. The van der Waals surface area contributed by atoms with Crippen LogP contribution in [-0.4, -0.2) is 24.9 Å². The molecular formula is C17H11ClN4O. The van der Waals surface area contributed by atoms with Gasteiger partial charge >= 0.3 is 0 Å². The standard InChI is InChI=1S/C17H11ClN4O/c18-13-8-4-7-12(9-13)14-10-19-22-15(11-5-2-1-3-6-11)17(23)21-20-16(14)22/h1-10,23H. The minimum Gasteiger partial charge on any atom is -0.491 e. The highest BCUT2D eigenvalue weighted by Gasteiger charge is 2.16. The zero-order valence-corrected chi connectivity index (χ0v) is 12.6. The number of fused-ring (bicyclic) bond motifs is 1. The molecule has 0 fully saturated rings. The monoisotopic (exact) mass is 322 g/mol. The Morgan fingerprint density at radius 3 is 2.48 bits per heavy atom. The average Bonchev–Trinajstić information content (AvgIpc) is 2.99. The van der Waals surface area contributed by atoms with Crippen LogP contribution in [-0.2, 0) is 0 Å². The Balaban J connectivity index is 1.99. The van der Waals surface area contributed by atoms with Gasteiger partial charge in [-0.05, 0) is 17.7 Å². The summed E-state index contributed by atoms with van der Waals surface area (Å²) in [5.74, 6) is -0.163. The molecule has 4 rings (SSSR count). The van der Waals surface area contributed by atoms with Crippen molar-refractivity contribution in [2.75, 3.05) is 0 Å². The van der Waals surface area contributed by atoms with Crippen LogP contribution in [0.15, 0.2) is 60.8 Å². The Labute approximate surface area is 136 Å². The minimum absolute atomic E-state index is 0.163. The summed E-state index contributed by atoms with van der Waals surface area (Å²) in [4.78, 5) is 0. The molecule has 0 atom stereocenters. The van der Waals surface area contributed by atoms with Crippen LogP contribution in [0.4, 0.5) is 0 Å².